The predicted octanol–water partition coefficient (Wildman–Crippen LogP) is 4.73. The second kappa shape index (κ2) is 8.76. The number of hydrogen-bond acceptors (Lipinski definition) is 5. The van der Waals surface area contributed by atoms with E-state index in [4.69, 9.17) is 0 Å². The maximum absolute atomic E-state index is 14.1. The van der Waals surface area contributed by atoms with Crippen LogP contribution in [0, 0.1) is 18.6 Å². The molecular formula is C19H13F5N4O2S. The van der Waals surface area contributed by atoms with Crippen LogP contribution in [0.5, 0.6) is 0 Å². The van der Waals surface area contributed by atoms with E-state index in [0.29, 0.717) is 11.1 Å². The third kappa shape index (κ3) is 5.81. The van der Waals surface area contributed by atoms with Crippen LogP contribution in [0.3, 0.4) is 0 Å². The second-order valence-electron chi connectivity index (χ2n) is 6.31. The Balaban J connectivity index is 1.76. The lowest BCUT2D eigenvalue weighted by Gasteiger charge is -2.10. The van der Waals surface area contributed by atoms with Gasteiger partial charge < -0.3 is 10.6 Å². The molecule has 2 N–H and O–H groups in total. The van der Waals surface area contributed by atoms with Crippen LogP contribution < -0.4 is 10.6 Å². The molecule has 162 valence electrons. The quantitative estimate of drug-likeness (QED) is 0.544. The number of hydrogen-bond donors (Lipinski definition) is 2. The van der Waals surface area contributed by atoms with E-state index in [1.165, 1.54) is 6.20 Å². The summed E-state index contributed by atoms with van der Waals surface area (Å²) in [5.41, 5.74) is -1.16. The van der Waals surface area contributed by atoms with Gasteiger partial charge in [-0.15, -0.1) is 11.3 Å². The zero-order valence-electron chi connectivity index (χ0n) is 15.7. The summed E-state index contributed by atoms with van der Waals surface area (Å²) in [6.07, 6.45) is -3.39. The molecule has 31 heavy (non-hydrogen) atoms. The molecule has 0 aliphatic rings. The molecule has 1 aromatic carbocycles. The van der Waals surface area contributed by atoms with E-state index in [0.717, 1.165) is 35.7 Å². The summed E-state index contributed by atoms with van der Waals surface area (Å²) in [7, 11) is 0. The van der Waals surface area contributed by atoms with Crippen molar-refractivity contribution in [2.24, 2.45) is 0 Å². The molecule has 0 radical (unpaired) electrons. The minimum absolute atomic E-state index is 0.123. The summed E-state index contributed by atoms with van der Waals surface area (Å²) in [5.74, 6) is -4.15. The smallest absolute Gasteiger partial charge is 0.319 e. The molecule has 0 bridgehead atoms. The average Bonchev–Trinajstić information content (AvgIpc) is 3.10. The molecule has 0 fully saturated rings. The highest BCUT2D eigenvalue weighted by Crippen LogP contribution is 2.24. The Kier molecular flexibility index (Phi) is 6.29. The number of pyridine rings is 1. The van der Waals surface area contributed by atoms with Crippen LogP contribution in [-0.2, 0) is 6.42 Å². The van der Waals surface area contributed by atoms with Crippen molar-refractivity contribution < 1.29 is 31.5 Å². The van der Waals surface area contributed by atoms with Crippen molar-refractivity contribution in [3.05, 3.63) is 69.3 Å². The van der Waals surface area contributed by atoms with Crippen molar-refractivity contribution in [1.82, 2.24) is 9.97 Å². The number of nitrogens with one attached hydrogen (secondary N) is 2. The fourth-order valence-electron chi connectivity index (χ4n) is 2.49. The Labute approximate surface area is 176 Å². The highest BCUT2D eigenvalue weighted by Gasteiger charge is 2.27. The maximum atomic E-state index is 14.1. The van der Waals surface area contributed by atoms with Gasteiger partial charge in [0, 0.05) is 12.3 Å². The van der Waals surface area contributed by atoms with Crippen LogP contribution in [0.2, 0.25) is 0 Å². The molecule has 2 aromatic heterocycles. The number of rotatable bonds is 5. The van der Waals surface area contributed by atoms with Crippen molar-refractivity contribution in [2.75, 3.05) is 10.6 Å². The van der Waals surface area contributed by atoms with Crippen LogP contribution in [0.15, 0.2) is 36.7 Å². The van der Waals surface area contributed by atoms with Gasteiger partial charge in [-0.3, -0.25) is 9.59 Å². The number of benzene rings is 1. The molecule has 3 aromatic rings. The van der Waals surface area contributed by atoms with Gasteiger partial charge in [0.05, 0.1) is 28.9 Å². The van der Waals surface area contributed by atoms with Gasteiger partial charge in [0.1, 0.15) is 22.3 Å². The number of carbonyl (C=O) groups excluding carboxylic acids is 2. The molecule has 0 atom stereocenters. The van der Waals surface area contributed by atoms with E-state index >= 15 is 0 Å². The van der Waals surface area contributed by atoms with Crippen LogP contribution in [0.4, 0.5) is 33.5 Å². The van der Waals surface area contributed by atoms with Crippen LogP contribution >= 0.6 is 11.3 Å². The number of nitrogens with zero attached hydrogens (tertiary/aromatic N) is 2. The first kappa shape index (κ1) is 22.3. The van der Waals surface area contributed by atoms with Crippen LogP contribution in [-0.4, -0.2) is 28.0 Å². The number of amides is 2. The van der Waals surface area contributed by atoms with Crippen molar-refractivity contribution >= 4 is 34.7 Å². The van der Waals surface area contributed by atoms with E-state index in [1.807, 2.05) is 0 Å². The summed E-state index contributed by atoms with van der Waals surface area (Å²) in [6, 6.07) is 3.47. The van der Waals surface area contributed by atoms with E-state index in [9.17, 15) is 31.5 Å². The molecule has 12 heteroatoms. The molecule has 2 amide bonds. The predicted molar refractivity (Wildman–Crippen MR) is 103 cm³/mol. The van der Waals surface area contributed by atoms with Gasteiger partial charge >= 0.3 is 6.18 Å². The number of alkyl halides is 3. The number of thiazole rings is 1. The van der Waals surface area contributed by atoms with Crippen molar-refractivity contribution in [3.8, 4) is 0 Å². The largest absolute Gasteiger partial charge is 0.393 e. The minimum Gasteiger partial charge on any atom is -0.319 e. The zero-order chi connectivity index (χ0) is 22.8. The third-order valence-corrected chi connectivity index (χ3v) is 4.78. The van der Waals surface area contributed by atoms with Gasteiger partial charge in [0.25, 0.3) is 11.8 Å². The first-order valence-corrected chi connectivity index (χ1v) is 9.39. The van der Waals surface area contributed by atoms with Crippen LogP contribution in [0.1, 0.15) is 30.6 Å². The van der Waals surface area contributed by atoms with E-state index in [2.05, 4.69) is 20.6 Å². The Morgan fingerprint density at radius 1 is 1.00 bits per heavy atom. The lowest BCUT2D eigenvalue weighted by atomic mass is 10.1. The van der Waals surface area contributed by atoms with Gasteiger partial charge in [-0.25, -0.2) is 18.7 Å². The van der Waals surface area contributed by atoms with E-state index < -0.39 is 47.3 Å². The zero-order valence-corrected chi connectivity index (χ0v) is 16.5. The summed E-state index contributed by atoms with van der Waals surface area (Å²) < 4.78 is 65.4. The number of anilines is 2. The van der Waals surface area contributed by atoms with E-state index in [1.54, 1.807) is 6.92 Å². The summed E-state index contributed by atoms with van der Waals surface area (Å²) >= 11 is 1.06. The number of halogens is 5. The Morgan fingerprint density at radius 3 is 2.32 bits per heavy atom. The Hall–Kier alpha value is -3.41. The summed E-state index contributed by atoms with van der Waals surface area (Å²) in [6.45, 7) is 1.67. The normalized spacial score (nSPS) is 11.3. The molecule has 0 saturated heterocycles. The number of carbonyl (C=O) groups is 2. The van der Waals surface area contributed by atoms with Gasteiger partial charge in [-0.1, -0.05) is 6.07 Å². The standard InChI is InChI=1S/C19H13F5N4O2S/c1-9-25-8-15(31-9)18(30)27-14-4-11(12(20)5-13(14)21)17(29)28-16-3-2-10(7-26-16)6-19(22,23)24/h2-5,7-8H,6H2,1H3,(H,27,30)(H,26,28,29). The van der Waals surface area contributed by atoms with Crippen molar-refractivity contribution in [1.29, 1.82) is 0 Å². The second-order valence-corrected chi connectivity index (χ2v) is 7.54. The monoisotopic (exact) mass is 456 g/mol. The molecule has 0 unspecified atom stereocenters. The summed E-state index contributed by atoms with van der Waals surface area (Å²) in [5, 5.41) is 5.06. The average molecular weight is 456 g/mol. The fourth-order valence-corrected chi connectivity index (χ4v) is 3.16. The summed E-state index contributed by atoms with van der Waals surface area (Å²) in [4.78, 5) is 32.3. The highest BCUT2D eigenvalue weighted by molar-refractivity contribution is 7.13. The minimum atomic E-state index is -4.41. The first-order valence-electron chi connectivity index (χ1n) is 8.57. The SMILES string of the molecule is Cc1ncc(C(=O)Nc2cc(C(=O)Nc3ccc(CC(F)(F)F)cn3)c(F)cc2F)s1. The fraction of sp³-hybridized carbons (Fsp3) is 0.158. The first-order chi connectivity index (χ1) is 14.5. The maximum Gasteiger partial charge on any atom is 0.393 e. The van der Waals surface area contributed by atoms with Crippen molar-refractivity contribution in [3.63, 3.8) is 0 Å². The lowest BCUT2D eigenvalue weighted by molar-refractivity contribution is -0.127. The third-order valence-electron chi connectivity index (χ3n) is 3.87. The molecule has 0 aliphatic carbocycles. The van der Waals surface area contributed by atoms with Gasteiger partial charge in [-0.2, -0.15) is 13.2 Å². The molecule has 0 saturated carbocycles. The van der Waals surface area contributed by atoms with Gasteiger partial charge in [0.2, 0.25) is 0 Å². The Bertz CT molecular complexity index is 1130. The topological polar surface area (TPSA) is 84.0 Å². The molecule has 0 spiro atoms. The number of aryl methyl sites for hydroxylation is 1. The molecule has 0 aliphatic heterocycles. The molecule has 2 heterocycles. The Morgan fingerprint density at radius 2 is 1.74 bits per heavy atom. The van der Waals surface area contributed by atoms with Crippen molar-refractivity contribution in [2.45, 2.75) is 19.5 Å². The van der Waals surface area contributed by atoms with Crippen LogP contribution in [0.25, 0.3) is 0 Å². The molecule has 6 nitrogen and oxygen atoms in total. The molecule has 3 rings (SSSR count). The molecular weight excluding hydrogens is 443 g/mol. The van der Waals surface area contributed by atoms with E-state index in [-0.39, 0.29) is 16.3 Å². The van der Waals surface area contributed by atoms with Gasteiger partial charge in [0.15, 0.2) is 0 Å². The number of aromatic nitrogens is 2. The van der Waals surface area contributed by atoms with Gasteiger partial charge in [-0.05, 0) is 24.6 Å². The highest BCUT2D eigenvalue weighted by atomic mass is 32.1. The lowest BCUT2D eigenvalue weighted by Crippen LogP contribution is -2.17.